The molecular formula is C11H7BrN2. The van der Waals surface area contributed by atoms with Crippen LogP contribution in [0.25, 0.3) is 10.9 Å². The second-order valence-corrected chi connectivity index (χ2v) is 3.48. The molecule has 0 saturated carbocycles. The second-order valence-electron chi connectivity index (χ2n) is 2.92. The first-order valence-electron chi connectivity index (χ1n) is 4.19. The number of pyridine rings is 1. The predicted octanol–water partition coefficient (Wildman–Crippen LogP) is 3.00. The van der Waals surface area contributed by atoms with Crippen LogP contribution < -0.4 is 0 Å². The fourth-order valence-electron chi connectivity index (χ4n) is 1.44. The van der Waals surface area contributed by atoms with E-state index in [0.29, 0.717) is 5.56 Å². The highest BCUT2D eigenvalue weighted by molar-refractivity contribution is 9.08. The Morgan fingerprint density at radius 2 is 2.21 bits per heavy atom. The summed E-state index contributed by atoms with van der Waals surface area (Å²) in [6.07, 6.45) is 1.75. The molecule has 0 aliphatic heterocycles. The van der Waals surface area contributed by atoms with E-state index in [2.05, 4.69) is 27.0 Å². The van der Waals surface area contributed by atoms with E-state index in [4.69, 9.17) is 5.26 Å². The van der Waals surface area contributed by atoms with Gasteiger partial charge in [0, 0.05) is 16.9 Å². The number of aromatic nitrogens is 1. The standard InChI is InChI=1S/C11H7BrN2/c12-6-8-3-4-9(7-13)10-2-1-5-14-11(8)10/h1-5H,6H2. The highest BCUT2D eigenvalue weighted by Crippen LogP contribution is 2.21. The lowest BCUT2D eigenvalue weighted by Crippen LogP contribution is -1.88. The number of hydrogen-bond acceptors (Lipinski definition) is 2. The van der Waals surface area contributed by atoms with E-state index >= 15 is 0 Å². The first-order valence-corrected chi connectivity index (χ1v) is 5.31. The maximum absolute atomic E-state index is 8.91. The van der Waals surface area contributed by atoms with Crippen LogP contribution in [0, 0.1) is 11.3 Å². The van der Waals surface area contributed by atoms with Crippen LogP contribution in [0.5, 0.6) is 0 Å². The summed E-state index contributed by atoms with van der Waals surface area (Å²) in [7, 11) is 0. The molecule has 0 fully saturated rings. The molecule has 0 aliphatic carbocycles. The van der Waals surface area contributed by atoms with Crippen molar-refractivity contribution in [2.75, 3.05) is 0 Å². The minimum Gasteiger partial charge on any atom is -0.256 e. The first-order chi connectivity index (χ1) is 6.86. The third-order valence-corrected chi connectivity index (χ3v) is 2.72. The van der Waals surface area contributed by atoms with Gasteiger partial charge in [-0.3, -0.25) is 4.98 Å². The van der Waals surface area contributed by atoms with Crippen LogP contribution in [-0.4, -0.2) is 4.98 Å². The van der Waals surface area contributed by atoms with Gasteiger partial charge < -0.3 is 0 Å². The molecule has 0 saturated heterocycles. The van der Waals surface area contributed by atoms with E-state index in [-0.39, 0.29) is 0 Å². The highest BCUT2D eigenvalue weighted by atomic mass is 79.9. The molecule has 0 spiro atoms. The molecule has 1 aromatic heterocycles. The molecule has 0 bridgehead atoms. The molecule has 68 valence electrons. The number of nitriles is 1. The fraction of sp³-hybridized carbons (Fsp3) is 0.0909. The highest BCUT2D eigenvalue weighted by Gasteiger charge is 2.04. The Labute approximate surface area is 90.3 Å². The Balaban J connectivity index is 2.87. The lowest BCUT2D eigenvalue weighted by molar-refractivity contribution is 1.35. The number of hydrogen-bond donors (Lipinski definition) is 0. The molecule has 0 atom stereocenters. The largest absolute Gasteiger partial charge is 0.256 e. The van der Waals surface area contributed by atoms with Crippen molar-refractivity contribution in [3.8, 4) is 6.07 Å². The second kappa shape index (κ2) is 3.77. The van der Waals surface area contributed by atoms with Crippen molar-refractivity contribution in [3.63, 3.8) is 0 Å². The van der Waals surface area contributed by atoms with Gasteiger partial charge in [0.05, 0.1) is 17.1 Å². The van der Waals surface area contributed by atoms with Gasteiger partial charge in [-0.2, -0.15) is 5.26 Å². The minimum absolute atomic E-state index is 0.679. The zero-order chi connectivity index (χ0) is 9.97. The topological polar surface area (TPSA) is 36.7 Å². The molecule has 0 N–H and O–H groups in total. The van der Waals surface area contributed by atoms with Crippen molar-refractivity contribution < 1.29 is 0 Å². The normalized spacial score (nSPS) is 10.0. The van der Waals surface area contributed by atoms with E-state index < -0.39 is 0 Å². The number of fused-ring (bicyclic) bond motifs is 1. The number of rotatable bonds is 1. The number of benzene rings is 1. The van der Waals surface area contributed by atoms with E-state index in [1.165, 1.54) is 0 Å². The monoisotopic (exact) mass is 246 g/mol. The SMILES string of the molecule is N#Cc1ccc(CBr)c2ncccc12. The molecule has 0 aliphatic rings. The maximum Gasteiger partial charge on any atom is 0.0998 e. The van der Waals surface area contributed by atoms with Gasteiger partial charge in [0.2, 0.25) is 0 Å². The van der Waals surface area contributed by atoms with Gasteiger partial charge in [0.25, 0.3) is 0 Å². The van der Waals surface area contributed by atoms with Crippen LogP contribution in [0.3, 0.4) is 0 Å². The van der Waals surface area contributed by atoms with Crippen molar-refractivity contribution in [1.82, 2.24) is 4.98 Å². The average molecular weight is 247 g/mol. The summed E-state index contributed by atoms with van der Waals surface area (Å²) >= 11 is 3.40. The van der Waals surface area contributed by atoms with Gasteiger partial charge in [-0.1, -0.05) is 22.0 Å². The van der Waals surface area contributed by atoms with Gasteiger partial charge in [-0.25, -0.2) is 0 Å². The van der Waals surface area contributed by atoms with Gasteiger partial charge in [0.1, 0.15) is 0 Å². The molecule has 0 amide bonds. The quantitative estimate of drug-likeness (QED) is 0.726. The summed E-state index contributed by atoms with van der Waals surface area (Å²) in [6, 6.07) is 9.71. The molecule has 1 heterocycles. The third kappa shape index (κ3) is 1.38. The maximum atomic E-state index is 8.91. The number of nitrogens with zero attached hydrogens (tertiary/aromatic N) is 2. The van der Waals surface area contributed by atoms with Crippen LogP contribution in [0.4, 0.5) is 0 Å². The van der Waals surface area contributed by atoms with E-state index in [1.54, 1.807) is 6.20 Å². The Bertz CT molecular complexity index is 514. The summed E-state index contributed by atoms with van der Waals surface area (Å²) in [5, 5.41) is 10.6. The van der Waals surface area contributed by atoms with Crippen LogP contribution in [0.1, 0.15) is 11.1 Å². The Hall–Kier alpha value is -1.40. The Kier molecular flexibility index (Phi) is 2.47. The van der Waals surface area contributed by atoms with Crippen molar-refractivity contribution >= 4 is 26.8 Å². The Morgan fingerprint density at radius 3 is 2.93 bits per heavy atom. The summed E-state index contributed by atoms with van der Waals surface area (Å²) in [6.45, 7) is 0. The van der Waals surface area contributed by atoms with Gasteiger partial charge in [-0.15, -0.1) is 0 Å². The summed E-state index contributed by atoms with van der Waals surface area (Å²) in [4.78, 5) is 4.28. The summed E-state index contributed by atoms with van der Waals surface area (Å²) in [5.41, 5.74) is 2.70. The zero-order valence-electron chi connectivity index (χ0n) is 7.37. The molecule has 2 rings (SSSR count). The fourth-order valence-corrected chi connectivity index (χ4v) is 1.89. The number of alkyl halides is 1. The number of halogens is 1. The predicted molar refractivity (Wildman–Crippen MR) is 59.1 cm³/mol. The van der Waals surface area contributed by atoms with E-state index in [0.717, 1.165) is 21.8 Å². The van der Waals surface area contributed by atoms with Crippen molar-refractivity contribution in [3.05, 3.63) is 41.6 Å². The molecule has 0 unspecified atom stereocenters. The lowest BCUT2D eigenvalue weighted by Gasteiger charge is -2.03. The summed E-state index contributed by atoms with van der Waals surface area (Å²) in [5.74, 6) is 0. The lowest BCUT2D eigenvalue weighted by atomic mass is 10.1. The van der Waals surface area contributed by atoms with Crippen molar-refractivity contribution in [2.45, 2.75) is 5.33 Å². The van der Waals surface area contributed by atoms with Crippen LogP contribution in [0.15, 0.2) is 30.5 Å². The molecule has 2 aromatic rings. The first kappa shape index (κ1) is 9.17. The van der Waals surface area contributed by atoms with Crippen molar-refractivity contribution in [1.29, 1.82) is 5.26 Å². The van der Waals surface area contributed by atoms with E-state index in [1.807, 2.05) is 24.3 Å². The molecular weight excluding hydrogens is 240 g/mol. The van der Waals surface area contributed by atoms with Gasteiger partial charge >= 0.3 is 0 Å². The van der Waals surface area contributed by atoms with E-state index in [9.17, 15) is 0 Å². The summed E-state index contributed by atoms with van der Waals surface area (Å²) < 4.78 is 0. The molecule has 3 heteroatoms. The van der Waals surface area contributed by atoms with Crippen molar-refractivity contribution in [2.24, 2.45) is 0 Å². The third-order valence-electron chi connectivity index (χ3n) is 2.12. The Morgan fingerprint density at radius 1 is 1.36 bits per heavy atom. The smallest absolute Gasteiger partial charge is 0.0998 e. The molecule has 14 heavy (non-hydrogen) atoms. The minimum atomic E-state index is 0.679. The average Bonchev–Trinajstić information content (AvgIpc) is 2.27. The van der Waals surface area contributed by atoms with Crippen LogP contribution in [-0.2, 0) is 5.33 Å². The zero-order valence-corrected chi connectivity index (χ0v) is 8.95. The van der Waals surface area contributed by atoms with Gasteiger partial charge in [0.15, 0.2) is 0 Å². The molecule has 2 nitrogen and oxygen atoms in total. The molecule has 1 aromatic carbocycles. The van der Waals surface area contributed by atoms with Crippen LogP contribution in [0.2, 0.25) is 0 Å². The van der Waals surface area contributed by atoms with Crippen LogP contribution >= 0.6 is 15.9 Å². The molecule has 0 radical (unpaired) electrons. The van der Waals surface area contributed by atoms with Gasteiger partial charge in [-0.05, 0) is 23.8 Å².